The van der Waals surface area contributed by atoms with Gasteiger partial charge in [0.1, 0.15) is 12.7 Å². The number of hydrogen-bond acceptors (Lipinski definition) is 5. The Labute approximate surface area is 130 Å². The molecule has 0 spiro atoms. The maximum absolute atomic E-state index is 12.5. The Morgan fingerprint density at radius 1 is 1.45 bits per heavy atom. The van der Waals surface area contributed by atoms with Crippen LogP contribution in [0.15, 0.2) is 31.0 Å². The number of rotatable bonds is 6. The molecule has 118 valence electrons. The van der Waals surface area contributed by atoms with Crippen LogP contribution in [0.5, 0.6) is 0 Å². The summed E-state index contributed by atoms with van der Waals surface area (Å²) in [4.78, 5) is 22.2. The van der Waals surface area contributed by atoms with Crippen LogP contribution in [0.1, 0.15) is 30.6 Å². The molecule has 0 radical (unpaired) electrons. The molecule has 2 heterocycles. The molecular weight excluding hydrogens is 280 g/mol. The van der Waals surface area contributed by atoms with Crippen molar-refractivity contribution in [1.82, 2.24) is 24.6 Å². The van der Waals surface area contributed by atoms with E-state index in [0.29, 0.717) is 23.8 Å². The molecule has 0 aliphatic rings. The second-order valence-corrected chi connectivity index (χ2v) is 5.67. The van der Waals surface area contributed by atoms with Crippen LogP contribution in [0.2, 0.25) is 0 Å². The Morgan fingerprint density at radius 2 is 2.23 bits per heavy atom. The fraction of sp³-hybridized carbons (Fsp3) is 0.467. The number of pyridine rings is 1. The van der Waals surface area contributed by atoms with E-state index in [1.807, 2.05) is 0 Å². The van der Waals surface area contributed by atoms with Gasteiger partial charge in [0.15, 0.2) is 5.82 Å². The highest BCUT2D eigenvalue weighted by atomic mass is 16.2. The zero-order valence-corrected chi connectivity index (χ0v) is 13.2. The van der Waals surface area contributed by atoms with E-state index in [0.717, 1.165) is 6.42 Å². The molecule has 0 aromatic carbocycles. The van der Waals surface area contributed by atoms with Crippen molar-refractivity contribution >= 4 is 5.91 Å². The predicted octanol–water partition coefficient (Wildman–Crippen LogP) is 1.11. The summed E-state index contributed by atoms with van der Waals surface area (Å²) >= 11 is 0. The number of nitrogens with zero attached hydrogens (tertiary/aromatic N) is 5. The second kappa shape index (κ2) is 7.13. The van der Waals surface area contributed by atoms with Gasteiger partial charge in [-0.05, 0) is 24.5 Å². The topological polar surface area (TPSA) is 89.9 Å². The number of hydrogen-bond donors (Lipinski definition) is 1. The van der Waals surface area contributed by atoms with Crippen LogP contribution >= 0.6 is 0 Å². The first kappa shape index (κ1) is 16.1. The average molecular weight is 302 g/mol. The fourth-order valence-electron chi connectivity index (χ4n) is 2.00. The summed E-state index contributed by atoms with van der Waals surface area (Å²) in [6.07, 6.45) is 5.34. The molecule has 0 saturated heterocycles. The first-order valence-electron chi connectivity index (χ1n) is 7.31. The van der Waals surface area contributed by atoms with Crippen LogP contribution < -0.4 is 5.73 Å². The lowest BCUT2D eigenvalue weighted by Crippen LogP contribution is -2.34. The molecule has 1 atom stereocenters. The van der Waals surface area contributed by atoms with Crippen LogP contribution in [0, 0.1) is 5.92 Å². The molecule has 22 heavy (non-hydrogen) atoms. The number of carbonyl (C=O) groups is 1. The Bertz CT molecular complexity index is 610. The third-order valence-electron chi connectivity index (χ3n) is 3.65. The molecule has 0 aliphatic carbocycles. The van der Waals surface area contributed by atoms with Crippen molar-refractivity contribution in [3.8, 4) is 5.82 Å². The lowest BCUT2D eigenvalue weighted by molar-refractivity contribution is 0.0789. The van der Waals surface area contributed by atoms with Crippen LogP contribution in [-0.2, 0) is 0 Å². The predicted molar refractivity (Wildman–Crippen MR) is 83.5 cm³/mol. The van der Waals surface area contributed by atoms with E-state index in [1.54, 1.807) is 36.6 Å². The molecule has 1 amide bonds. The number of aromatic nitrogens is 4. The molecule has 2 rings (SSSR count). The van der Waals surface area contributed by atoms with Gasteiger partial charge in [0.05, 0.1) is 0 Å². The van der Waals surface area contributed by atoms with Crippen molar-refractivity contribution in [1.29, 1.82) is 0 Å². The summed E-state index contributed by atoms with van der Waals surface area (Å²) in [6.45, 7) is 4.79. The third kappa shape index (κ3) is 3.88. The van der Waals surface area contributed by atoms with Crippen LogP contribution in [0.3, 0.4) is 0 Å². The van der Waals surface area contributed by atoms with E-state index in [9.17, 15) is 4.79 Å². The molecule has 0 bridgehead atoms. The fourth-order valence-corrected chi connectivity index (χ4v) is 2.00. The van der Waals surface area contributed by atoms with Crippen molar-refractivity contribution in [3.05, 3.63) is 36.5 Å². The number of carbonyl (C=O) groups excluding carboxylic acids is 1. The van der Waals surface area contributed by atoms with Crippen molar-refractivity contribution < 1.29 is 4.79 Å². The monoisotopic (exact) mass is 302 g/mol. The Hall–Kier alpha value is -2.28. The highest BCUT2D eigenvalue weighted by Crippen LogP contribution is 2.10. The number of nitrogens with two attached hydrogens (primary N) is 1. The molecular formula is C15H22N6O. The molecule has 2 aromatic rings. The minimum Gasteiger partial charge on any atom is -0.342 e. The summed E-state index contributed by atoms with van der Waals surface area (Å²) in [5, 5.41) is 4.01. The average Bonchev–Trinajstić information content (AvgIpc) is 3.06. The SMILES string of the molecule is CC(C)C(N)CCN(C)C(=O)c1ccnc(-n2cncn2)c1. The zero-order chi connectivity index (χ0) is 16.1. The van der Waals surface area contributed by atoms with Gasteiger partial charge < -0.3 is 10.6 Å². The van der Waals surface area contributed by atoms with Crippen LogP contribution in [0.25, 0.3) is 5.82 Å². The van der Waals surface area contributed by atoms with Crippen molar-refractivity contribution in [2.45, 2.75) is 26.3 Å². The highest BCUT2D eigenvalue weighted by Gasteiger charge is 2.15. The summed E-state index contributed by atoms with van der Waals surface area (Å²) in [5.74, 6) is 0.915. The van der Waals surface area contributed by atoms with Crippen molar-refractivity contribution in [2.24, 2.45) is 11.7 Å². The van der Waals surface area contributed by atoms with E-state index >= 15 is 0 Å². The normalized spacial score (nSPS) is 12.4. The zero-order valence-electron chi connectivity index (χ0n) is 13.2. The Kier molecular flexibility index (Phi) is 5.21. The van der Waals surface area contributed by atoms with Gasteiger partial charge in [0, 0.05) is 31.4 Å². The molecule has 0 aliphatic heterocycles. The van der Waals surface area contributed by atoms with Gasteiger partial charge >= 0.3 is 0 Å². The van der Waals surface area contributed by atoms with Gasteiger partial charge in [-0.15, -0.1) is 0 Å². The van der Waals surface area contributed by atoms with Gasteiger partial charge in [-0.2, -0.15) is 5.10 Å². The quantitative estimate of drug-likeness (QED) is 0.863. The smallest absolute Gasteiger partial charge is 0.253 e. The largest absolute Gasteiger partial charge is 0.342 e. The van der Waals surface area contributed by atoms with Gasteiger partial charge in [-0.1, -0.05) is 13.8 Å². The van der Waals surface area contributed by atoms with Crippen molar-refractivity contribution in [3.63, 3.8) is 0 Å². The van der Waals surface area contributed by atoms with Crippen molar-refractivity contribution in [2.75, 3.05) is 13.6 Å². The maximum atomic E-state index is 12.5. The lowest BCUT2D eigenvalue weighted by Gasteiger charge is -2.21. The third-order valence-corrected chi connectivity index (χ3v) is 3.65. The summed E-state index contributed by atoms with van der Waals surface area (Å²) in [6, 6.07) is 3.50. The second-order valence-electron chi connectivity index (χ2n) is 5.67. The maximum Gasteiger partial charge on any atom is 0.253 e. The molecule has 2 N–H and O–H groups in total. The van der Waals surface area contributed by atoms with Gasteiger partial charge in [-0.25, -0.2) is 14.6 Å². The van der Waals surface area contributed by atoms with Crippen LogP contribution in [-0.4, -0.2) is 50.2 Å². The standard InChI is InChI=1S/C15H22N6O/c1-11(2)13(16)5-7-20(3)15(22)12-4-6-18-14(8-12)21-10-17-9-19-21/h4,6,8-11,13H,5,7,16H2,1-3H3. The minimum atomic E-state index is -0.0558. The Morgan fingerprint density at radius 3 is 2.86 bits per heavy atom. The van der Waals surface area contributed by atoms with E-state index < -0.39 is 0 Å². The van der Waals surface area contributed by atoms with E-state index in [2.05, 4.69) is 28.9 Å². The van der Waals surface area contributed by atoms with Gasteiger partial charge in [0.25, 0.3) is 5.91 Å². The van der Waals surface area contributed by atoms with E-state index in [1.165, 1.54) is 11.0 Å². The summed E-state index contributed by atoms with van der Waals surface area (Å²) < 4.78 is 1.52. The first-order chi connectivity index (χ1) is 10.5. The molecule has 2 aromatic heterocycles. The lowest BCUT2D eigenvalue weighted by atomic mass is 10.0. The molecule has 1 unspecified atom stereocenters. The molecule has 7 heteroatoms. The Balaban J connectivity index is 2.04. The summed E-state index contributed by atoms with van der Waals surface area (Å²) in [7, 11) is 1.78. The van der Waals surface area contributed by atoms with E-state index in [4.69, 9.17) is 5.73 Å². The van der Waals surface area contributed by atoms with E-state index in [-0.39, 0.29) is 11.9 Å². The molecule has 7 nitrogen and oxygen atoms in total. The number of amides is 1. The highest BCUT2D eigenvalue weighted by molar-refractivity contribution is 5.94. The first-order valence-corrected chi connectivity index (χ1v) is 7.31. The molecule has 0 fully saturated rings. The van der Waals surface area contributed by atoms with Gasteiger partial charge in [-0.3, -0.25) is 4.79 Å². The van der Waals surface area contributed by atoms with Gasteiger partial charge in [0.2, 0.25) is 0 Å². The minimum absolute atomic E-state index is 0.0558. The molecule has 0 saturated carbocycles. The summed E-state index contributed by atoms with van der Waals surface area (Å²) in [5.41, 5.74) is 6.60. The van der Waals surface area contributed by atoms with Crippen LogP contribution in [0.4, 0.5) is 0 Å².